The minimum Gasteiger partial charge on any atom is -0.443 e. The number of nitriles is 1. The number of hydrogen-bond donors (Lipinski definition) is 2. The SMILES string of the molecule is CC(=O)c1cccc(NC(=O)/C(C#N)=C\N(CCN)C(=O)OC(C)(C)C)c1. The standard InChI is InChI=1S/C19H24N4O4/c1-13(24)14-6-5-7-16(10-14)22-17(25)15(11-21)12-23(9-8-20)18(26)27-19(2,3)4/h5-7,10,12H,8-9,20H2,1-4H3,(H,22,25)/b15-12-. The number of Topliss-reactive ketones (excluding diaryl/α,β-unsaturated/α-hetero) is 1. The highest BCUT2D eigenvalue weighted by Gasteiger charge is 2.22. The summed E-state index contributed by atoms with van der Waals surface area (Å²) in [5.41, 5.74) is 5.24. The number of nitrogens with two attached hydrogens (primary N) is 1. The first-order valence-electron chi connectivity index (χ1n) is 8.31. The van der Waals surface area contributed by atoms with Gasteiger partial charge in [0.15, 0.2) is 5.78 Å². The zero-order valence-corrected chi connectivity index (χ0v) is 15.9. The average Bonchev–Trinajstić information content (AvgIpc) is 2.57. The maximum Gasteiger partial charge on any atom is 0.414 e. The highest BCUT2D eigenvalue weighted by molar-refractivity contribution is 6.07. The second-order valence-electron chi connectivity index (χ2n) is 6.71. The molecule has 0 saturated heterocycles. The molecule has 0 saturated carbocycles. The molecule has 27 heavy (non-hydrogen) atoms. The van der Waals surface area contributed by atoms with Gasteiger partial charge in [-0.15, -0.1) is 0 Å². The molecule has 144 valence electrons. The van der Waals surface area contributed by atoms with Crippen molar-refractivity contribution in [3.05, 3.63) is 41.6 Å². The summed E-state index contributed by atoms with van der Waals surface area (Å²) in [6, 6.07) is 8.08. The maximum absolute atomic E-state index is 12.4. The van der Waals surface area contributed by atoms with Crippen LogP contribution in [0.3, 0.4) is 0 Å². The fourth-order valence-corrected chi connectivity index (χ4v) is 1.98. The van der Waals surface area contributed by atoms with E-state index in [2.05, 4.69) is 5.32 Å². The quantitative estimate of drug-likeness (QED) is 0.449. The number of ether oxygens (including phenoxy) is 1. The molecule has 0 bridgehead atoms. The number of benzene rings is 1. The van der Waals surface area contributed by atoms with Crippen LogP contribution in [-0.2, 0) is 9.53 Å². The van der Waals surface area contributed by atoms with Crippen molar-refractivity contribution in [3.8, 4) is 6.07 Å². The van der Waals surface area contributed by atoms with Crippen LogP contribution in [0.15, 0.2) is 36.0 Å². The van der Waals surface area contributed by atoms with Crippen LogP contribution in [0.1, 0.15) is 38.1 Å². The number of anilines is 1. The molecule has 3 N–H and O–H groups in total. The third kappa shape index (κ3) is 7.30. The second-order valence-corrected chi connectivity index (χ2v) is 6.71. The molecule has 1 aromatic carbocycles. The molecule has 0 aromatic heterocycles. The van der Waals surface area contributed by atoms with Crippen LogP contribution in [-0.4, -0.2) is 41.4 Å². The molecular formula is C19H24N4O4. The van der Waals surface area contributed by atoms with Gasteiger partial charge in [0.25, 0.3) is 5.91 Å². The number of nitrogens with zero attached hydrogens (tertiary/aromatic N) is 2. The van der Waals surface area contributed by atoms with E-state index in [0.717, 1.165) is 11.1 Å². The number of rotatable bonds is 6. The number of amides is 2. The van der Waals surface area contributed by atoms with Crippen molar-refractivity contribution in [1.82, 2.24) is 4.90 Å². The van der Waals surface area contributed by atoms with Gasteiger partial charge in [-0.05, 0) is 39.8 Å². The van der Waals surface area contributed by atoms with Gasteiger partial charge in [-0.2, -0.15) is 5.26 Å². The Morgan fingerprint density at radius 3 is 2.52 bits per heavy atom. The van der Waals surface area contributed by atoms with Gasteiger partial charge in [0.1, 0.15) is 17.2 Å². The predicted molar refractivity (Wildman–Crippen MR) is 101 cm³/mol. The lowest BCUT2D eigenvalue weighted by atomic mass is 10.1. The lowest BCUT2D eigenvalue weighted by Gasteiger charge is -2.25. The average molecular weight is 372 g/mol. The Bertz CT molecular complexity index is 788. The van der Waals surface area contributed by atoms with E-state index in [9.17, 15) is 19.6 Å². The Morgan fingerprint density at radius 1 is 1.33 bits per heavy atom. The highest BCUT2D eigenvalue weighted by atomic mass is 16.6. The summed E-state index contributed by atoms with van der Waals surface area (Å²) in [5.74, 6) is -0.870. The lowest BCUT2D eigenvalue weighted by Crippen LogP contribution is -2.37. The summed E-state index contributed by atoms with van der Waals surface area (Å²) in [6.07, 6.45) is 0.387. The van der Waals surface area contributed by atoms with Crippen LogP contribution >= 0.6 is 0 Å². The molecule has 0 heterocycles. The zero-order chi connectivity index (χ0) is 20.6. The Morgan fingerprint density at radius 2 is 2.00 bits per heavy atom. The molecule has 0 unspecified atom stereocenters. The van der Waals surface area contributed by atoms with Crippen molar-refractivity contribution in [2.75, 3.05) is 18.4 Å². The van der Waals surface area contributed by atoms with Crippen LogP contribution in [0.5, 0.6) is 0 Å². The summed E-state index contributed by atoms with van der Waals surface area (Å²) in [5, 5.41) is 11.8. The molecule has 1 rings (SSSR count). The topological polar surface area (TPSA) is 126 Å². The van der Waals surface area contributed by atoms with E-state index in [-0.39, 0.29) is 24.4 Å². The van der Waals surface area contributed by atoms with Crippen LogP contribution in [0.2, 0.25) is 0 Å². The van der Waals surface area contributed by atoms with Gasteiger partial charge in [0.2, 0.25) is 0 Å². The molecular weight excluding hydrogens is 348 g/mol. The summed E-state index contributed by atoms with van der Waals surface area (Å²) < 4.78 is 5.25. The van der Waals surface area contributed by atoms with Crippen molar-refractivity contribution < 1.29 is 19.1 Å². The third-order valence-corrected chi connectivity index (χ3v) is 3.17. The van der Waals surface area contributed by atoms with Crippen LogP contribution < -0.4 is 11.1 Å². The zero-order valence-electron chi connectivity index (χ0n) is 15.9. The molecule has 0 aliphatic carbocycles. The Hall–Kier alpha value is -3.18. The Kier molecular flexibility index (Phi) is 7.69. The van der Waals surface area contributed by atoms with Crippen molar-refractivity contribution in [2.24, 2.45) is 5.73 Å². The number of carbonyl (C=O) groups excluding carboxylic acids is 3. The molecule has 0 spiro atoms. The molecule has 2 amide bonds. The van der Waals surface area contributed by atoms with Crippen LogP contribution in [0.4, 0.5) is 10.5 Å². The number of nitrogens with one attached hydrogen (secondary N) is 1. The van der Waals surface area contributed by atoms with Crippen molar-refractivity contribution in [3.63, 3.8) is 0 Å². The van der Waals surface area contributed by atoms with Gasteiger partial charge < -0.3 is 15.8 Å². The first kappa shape index (κ1) is 21.9. The van der Waals surface area contributed by atoms with E-state index >= 15 is 0 Å². The monoisotopic (exact) mass is 372 g/mol. The molecule has 0 fully saturated rings. The summed E-state index contributed by atoms with van der Waals surface area (Å²) in [6.45, 7) is 6.72. The molecule has 1 aromatic rings. The Labute approximate surface area is 158 Å². The maximum atomic E-state index is 12.4. The normalized spacial score (nSPS) is 11.3. The fourth-order valence-electron chi connectivity index (χ4n) is 1.98. The third-order valence-electron chi connectivity index (χ3n) is 3.17. The largest absolute Gasteiger partial charge is 0.443 e. The summed E-state index contributed by atoms with van der Waals surface area (Å²) >= 11 is 0. The predicted octanol–water partition coefficient (Wildman–Crippen LogP) is 2.43. The van der Waals surface area contributed by atoms with Crippen molar-refractivity contribution in [2.45, 2.75) is 33.3 Å². The van der Waals surface area contributed by atoms with E-state index in [1.807, 2.05) is 0 Å². The summed E-state index contributed by atoms with van der Waals surface area (Å²) in [7, 11) is 0. The van der Waals surface area contributed by atoms with Gasteiger partial charge in [0.05, 0.1) is 0 Å². The first-order chi connectivity index (χ1) is 12.6. The van der Waals surface area contributed by atoms with E-state index < -0.39 is 17.6 Å². The van der Waals surface area contributed by atoms with Gasteiger partial charge in [-0.1, -0.05) is 12.1 Å². The van der Waals surface area contributed by atoms with Crippen molar-refractivity contribution in [1.29, 1.82) is 5.26 Å². The van der Waals surface area contributed by atoms with E-state index in [0.29, 0.717) is 11.3 Å². The molecule has 0 aliphatic heterocycles. The number of carbonyl (C=O) groups is 3. The van der Waals surface area contributed by atoms with Gasteiger partial charge in [-0.25, -0.2) is 4.79 Å². The van der Waals surface area contributed by atoms with E-state index in [1.54, 1.807) is 45.0 Å². The van der Waals surface area contributed by atoms with Gasteiger partial charge in [-0.3, -0.25) is 14.5 Å². The molecule has 0 atom stereocenters. The van der Waals surface area contributed by atoms with Crippen LogP contribution in [0, 0.1) is 11.3 Å². The molecule has 8 nitrogen and oxygen atoms in total. The van der Waals surface area contributed by atoms with Crippen molar-refractivity contribution >= 4 is 23.5 Å². The van der Waals surface area contributed by atoms with E-state index in [4.69, 9.17) is 10.5 Å². The molecule has 0 aliphatic rings. The fraction of sp³-hybridized carbons (Fsp3) is 0.368. The van der Waals surface area contributed by atoms with Gasteiger partial charge in [0, 0.05) is 30.5 Å². The lowest BCUT2D eigenvalue weighted by molar-refractivity contribution is -0.112. The molecule has 8 heteroatoms. The summed E-state index contributed by atoms with van der Waals surface area (Å²) in [4.78, 5) is 37.1. The minimum absolute atomic E-state index is 0.0766. The smallest absolute Gasteiger partial charge is 0.414 e. The second kappa shape index (κ2) is 9.50. The van der Waals surface area contributed by atoms with Gasteiger partial charge >= 0.3 is 6.09 Å². The number of ketones is 1. The minimum atomic E-state index is -0.736. The highest BCUT2D eigenvalue weighted by Crippen LogP contribution is 2.14. The Balaban J connectivity index is 3.03. The number of hydrogen-bond acceptors (Lipinski definition) is 6. The van der Waals surface area contributed by atoms with Crippen LogP contribution in [0.25, 0.3) is 0 Å². The van der Waals surface area contributed by atoms with E-state index in [1.165, 1.54) is 13.0 Å². The molecule has 0 radical (unpaired) electrons. The first-order valence-corrected chi connectivity index (χ1v) is 8.31.